The van der Waals surface area contributed by atoms with E-state index in [0.29, 0.717) is 31.0 Å². The van der Waals surface area contributed by atoms with Crippen LogP contribution in [0.1, 0.15) is 98.6 Å². The molecular formula is C26H35N5O2. The lowest BCUT2D eigenvalue weighted by Crippen LogP contribution is -2.43. The monoisotopic (exact) mass is 449 g/mol. The molecule has 4 fully saturated rings. The van der Waals surface area contributed by atoms with Crippen molar-refractivity contribution >= 4 is 22.8 Å². The van der Waals surface area contributed by atoms with Crippen molar-refractivity contribution in [1.82, 2.24) is 24.6 Å². The molecule has 0 unspecified atom stereocenters. The van der Waals surface area contributed by atoms with Crippen LogP contribution in [0.4, 0.5) is 0 Å². The highest BCUT2D eigenvalue weighted by atomic mass is 16.2. The van der Waals surface area contributed by atoms with Gasteiger partial charge in [-0.3, -0.25) is 9.59 Å². The van der Waals surface area contributed by atoms with E-state index in [2.05, 4.69) is 4.68 Å². The van der Waals surface area contributed by atoms with Crippen molar-refractivity contribution < 1.29 is 9.59 Å². The minimum Gasteiger partial charge on any atom is -0.342 e. The number of aromatic nitrogens is 3. The van der Waals surface area contributed by atoms with Crippen LogP contribution in [-0.2, 0) is 4.79 Å². The second-order valence-corrected chi connectivity index (χ2v) is 10.6. The number of fused-ring (bicyclic) bond motifs is 1. The van der Waals surface area contributed by atoms with Gasteiger partial charge >= 0.3 is 0 Å². The van der Waals surface area contributed by atoms with Crippen LogP contribution in [0.3, 0.4) is 0 Å². The Morgan fingerprint density at radius 3 is 2.24 bits per heavy atom. The molecule has 7 nitrogen and oxygen atoms in total. The van der Waals surface area contributed by atoms with Crippen molar-refractivity contribution in [3.63, 3.8) is 0 Å². The Hall–Kier alpha value is -2.44. The molecule has 4 heterocycles. The summed E-state index contributed by atoms with van der Waals surface area (Å²) in [5.41, 5.74) is 2.71. The number of carbonyl (C=O) groups excluding carboxylic acids is 2. The number of carbonyl (C=O) groups is 2. The quantitative estimate of drug-likeness (QED) is 0.698. The van der Waals surface area contributed by atoms with Crippen molar-refractivity contribution in [2.75, 3.05) is 26.2 Å². The van der Waals surface area contributed by atoms with E-state index in [-0.39, 0.29) is 11.8 Å². The molecule has 176 valence electrons. The lowest BCUT2D eigenvalue weighted by molar-refractivity contribution is -0.135. The predicted octanol–water partition coefficient (Wildman–Crippen LogP) is 4.29. The first kappa shape index (κ1) is 21.1. The van der Waals surface area contributed by atoms with E-state index >= 15 is 0 Å². The van der Waals surface area contributed by atoms with Gasteiger partial charge in [0, 0.05) is 43.7 Å². The van der Waals surface area contributed by atoms with E-state index < -0.39 is 0 Å². The number of amides is 2. The van der Waals surface area contributed by atoms with Gasteiger partial charge in [-0.2, -0.15) is 5.10 Å². The summed E-state index contributed by atoms with van der Waals surface area (Å²) in [6, 6.07) is 2.44. The molecule has 2 aromatic heterocycles. The topological polar surface area (TPSA) is 71.3 Å². The highest BCUT2D eigenvalue weighted by Gasteiger charge is 2.34. The first-order valence-corrected chi connectivity index (χ1v) is 13.2. The molecule has 2 aliphatic heterocycles. The number of pyridine rings is 1. The Morgan fingerprint density at radius 1 is 0.818 bits per heavy atom. The lowest BCUT2D eigenvalue weighted by atomic mass is 9.94. The molecule has 6 rings (SSSR count). The maximum Gasteiger partial charge on any atom is 0.254 e. The number of nitrogens with zero attached hydrogens (tertiary/aromatic N) is 5. The standard InChI is InChI=1S/C26H35N5O2/c32-25(29-12-4-5-13-29)19-10-14-30(15-11-19)26(33)21-16-23(18-8-9-18)28-24-22(21)17-27-31(24)20-6-2-1-3-7-20/h16-20H,1-15H2. The summed E-state index contributed by atoms with van der Waals surface area (Å²) in [6.45, 7) is 3.12. The van der Waals surface area contributed by atoms with E-state index in [1.54, 1.807) is 0 Å². The van der Waals surface area contributed by atoms with E-state index in [0.717, 1.165) is 86.7 Å². The van der Waals surface area contributed by atoms with Gasteiger partial charge in [-0.15, -0.1) is 0 Å². The normalized spacial score (nSPS) is 22.9. The van der Waals surface area contributed by atoms with Gasteiger partial charge in [-0.25, -0.2) is 9.67 Å². The third-order valence-corrected chi connectivity index (χ3v) is 8.28. The van der Waals surface area contributed by atoms with E-state index in [4.69, 9.17) is 10.1 Å². The average Bonchev–Trinajstić information content (AvgIpc) is 3.39. The summed E-state index contributed by atoms with van der Waals surface area (Å²) in [5.74, 6) is 0.940. The Kier molecular flexibility index (Phi) is 5.59. The van der Waals surface area contributed by atoms with Crippen LogP contribution in [0.25, 0.3) is 11.0 Å². The number of rotatable bonds is 4. The van der Waals surface area contributed by atoms with Crippen molar-refractivity contribution in [3.8, 4) is 0 Å². The number of hydrogen-bond acceptors (Lipinski definition) is 4. The molecule has 2 aromatic rings. The van der Waals surface area contributed by atoms with Crippen LogP contribution in [-0.4, -0.2) is 62.6 Å². The van der Waals surface area contributed by atoms with Crippen LogP contribution in [0.15, 0.2) is 12.3 Å². The molecule has 7 heteroatoms. The maximum absolute atomic E-state index is 13.7. The van der Waals surface area contributed by atoms with Gasteiger partial charge in [0.1, 0.15) is 0 Å². The molecule has 0 N–H and O–H groups in total. The highest BCUT2D eigenvalue weighted by Crippen LogP contribution is 2.41. The fraction of sp³-hybridized carbons (Fsp3) is 0.692. The predicted molar refractivity (Wildman–Crippen MR) is 126 cm³/mol. The van der Waals surface area contributed by atoms with Crippen LogP contribution < -0.4 is 0 Å². The van der Waals surface area contributed by atoms with Crippen LogP contribution >= 0.6 is 0 Å². The van der Waals surface area contributed by atoms with Crippen LogP contribution in [0, 0.1) is 5.92 Å². The van der Waals surface area contributed by atoms with Crippen LogP contribution in [0.5, 0.6) is 0 Å². The summed E-state index contributed by atoms with van der Waals surface area (Å²) in [5, 5.41) is 5.63. The molecule has 4 aliphatic rings. The van der Waals surface area contributed by atoms with Gasteiger partial charge in [0.25, 0.3) is 5.91 Å². The average molecular weight is 450 g/mol. The Bertz CT molecular complexity index is 1040. The minimum absolute atomic E-state index is 0.0701. The Morgan fingerprint density at radius 2 is 1.55 bits per heavy atom. The molecule has 0 atom stereocenters. The molecule has 2 saturated heterocycles. The first-order chi connectivity index (χ1) is 16.2. The second-order valence-electron chi connectivity index (χ2n) is 10.6. The van der Waals surface area contributed by atoms with Gasteiger partial charge in [-0.1, -0.05) is 19.3 Å². The van der Waals surface area contributed by atoms with Crippen molar-refractivity contribution in [2.45, 2.75) is 82.6 Å². The third kappa shape index (κ3) is 4.04. The zero-order valence-corrected chi connectivity index (χ0v) is 19.5. The molecule has 2 saturated carbocycles. The van der Waals surface area contributed by atoms with Gasteiger partial charge in [0.15, 0.2) is 5.65 Å². The largest absolute Gasteiger partial charge is 0.342 e. The fourth-order valence-corrected chi connectivity index (χ4v) is 6.09. The first-order valence-electron chi connectivity index (χ1n) is 13.2. The highest BCUT2D eigenvalue weighted by molar-refractivity contribution is 6.05. The van der Waals surface area contributed by atoms with E-state index in [1.165, 1.54) is 19.3 Å². The molecule has 2 aliphatic carbocycles. The molecular weight excluding hydrogens is 414 g/mol. The van der Waals surface area contributed by atoms with Gasteiger partial charge in [0.05, 0.1) is 23.2 Å². The summed E-state index contributed by atoms with van der Waals surface area (Å²) in [4.78, 5) is 35.5. The van der Waals surface area contributed by atoms with Gasteiger partial charge in [0.2, 0.25) is 5.91 Å². The van der Waals surface area contributed by atoms with Crippen molar-refractivity contribution in [1.29, 1.82) is 0 Å². The summed E-state index contributed by atoms with van der Waals surface area (Å²) >= 11 is 0. The minimum atomic E-state index is 0.0701. The summed E-state index contributed by atoms with van der Waals surface area (Å²) in [6.07, 6.45) is 14.1. The van der Waals surface area contributed by atoms with Gasteiger partial charge < -0.3 is 9.80 Å². The molecule has 33 heavy (non-hydrogen) atoms. The molecule has 0 bridgehead atoms. The molecule has 0 radical (unpaired) electrons. The number of hydrogen-bond donors (Lipinski definition) is 0. The lowest BCUT2D eigenvalue weighted by Gasteiger charge is -2.33. The zero-order chi connectivity index (χ0) is 22.4. The molecule has 2 amide bonds. The Balaban J connectivity index is 1.24. The summed E-state index contributed by atoms with van der Waals surface area (Å²) < 4.78 is 2.11. The summed E-state index contributed by atoms with van der Waals surface area (Å²) in [7, 11) is 0. The van der Waals surface area contributed by atoms with Gasteiger partial charge in [-0.05, 0) is 57.4 Å². The van der Waals surface area contributed by atoms with Crippen molar-refractivity contribution in [2.24, 2.45) is 5.92 Å². The second kappa shape index (κ2) is 8.73. The Labute approximate surface area is 195 Å². The smallest absolute Gasteiger partial charge is 0.254 e. The molecule has 0 aromatic carbocycles. The third-order valence-electron chi connectivity index (χ3n) is 8.28. The van der Waals surface area contributed by atoms with E-state index in [9.17, 15) is 9.59 Å². The fourth-order valence-electron chi connectivity index (χ4n) is 6.09. The number of likely N-dealkylation sites (tertiary alicyclic amines) is 2. The SMILES string of the molecule is O=C(c1cc(C2CC2)nc2c1cnn2C1CCCCC1)N1CCC(C(=O)N2CCCC2)CC1. The molecule has 0 spiro atoms. The van der Waals surface area contributed by atoms with E-state index in [1.807, 2.05) is 22.1 Å². The maximum atomic E-state index is 13.7. The van der Waals surface area contributed by atoms with Crippen molar-refractivity contribution in [3.05, 3.63) is 23.5 Å². The number of piperidine rings is 1. The van der Waals surface area contributed by atoms with Crippen LogP contribution in [0.2, 0.25) is 0 Å². The zero-order valence-electron chi connectivity index (χ0n) is 19.5.